The summed E-state index contributed by atoms with van der Waals surface area (Å²) in [5.74, 6) is 0.865. The summed E-state index contributed by atoms with van der Waals surface area (Å²) in [4.78, 5) is 4.60. The average Bonchev–Trinajstić information content (AvgIpc) is 3.18. The lowest BCUT2D eigenvalue weighted by molar-refractivity contribution is 0.304. The summed E-state index contributed by atoms with van der Waals surface area (Å²) in [6, 6.07) is 16.3. The van der Waals surface area contributed by atoms with Crippen LogP contribution in [0.1, 0.15) is 43.7 Å². The molecule has 0 aliphatic heterocycles. The van der Waals surface area contributed by atoms with Gasteiger partial charge in [0.05, 0.1) is 18.5 Å². The quantitative estimate of drug-likeness (QED) is 0.242. The van der Waals surface area contributed by atoms with E-state index < -0.39 is 0 Å². The van der Waals surface area contributed by atoms with Crippen molar-refractivity contribution in [2.45, 2.75) is 39.5 Å². The van der Waals surface area contributed by atoms with Crippen LogP contribution in [0.15, 0.2) is 59.0 Å². The number of para-hydroxylation sites is 1. The summed E-state index contributed by atoms with van der Waals surface area (Å²) in [5, 5.41) is 7.15. The second kappa shape index (κ2) is 10.6. The number of hydrogen-bond donors (Lipinski definition) is 1. The Bertz CT molecular complexity index is 887. The van der Waals surface area contributed by atoms with E-state index in [1.54, 1.807) is 17.6 Å². The highest BCUT2D eigenvalue weighted by atomic mass is 32.1. The van der Waals surface area contributed by atoms with Gasteiger partial charge >= 0.3 is 0 Å². The van der Waals surface area contributed by atoms with Gasteiger partial charge in [-0.15, -0.1) is 11.3 Å². The molecular formula is C23H27N3OS. The Morgan fingerprint density at radius 3 is 2.71 bits per heavy atom. The van der Waals surface area contributed by atoms with Crippen molar-refractivity contribution >= 4 is 22.7 Å². The summed E-state index contributed by atoms with van der Waals surface area (Å²) < 4.78 is 5.93. The number of unbranched alkanes of at least 4 members (excludes halogenated alkanes) is 3. The standard InChI is InChI=1S/C23H27N3OS/c1-3-4-5-8-15-27-22-10-7-6-9-20(22)16-24-26-23-25-21(17-28-23)19-13-11-18(2)12-14-19/h6-7,9-14,16-17H,3-5,8,15H2,1-2H3,(H,25,26)/b24-16+. The molecule has 0 fully saturated rings. The van der Waals surface area contributed by atoms with Crippen LogP contribution in [0.4, 0.5) is 5.13 Å². The maximum Gasteiger partial charge on any atom is 0.203 e. The van der Waals surface area contributed by atoms with E-state index in [-0.39, 0.29) is 0 Å². The number of benzene rings is 2. The first-order valence-electron chi connectivity index (χ1n) is 9.79. The van der Waals surface area contributed by atoms with Crippen molar-refractivity contribution in [1.29, 1.82) is 0 Å². The Kier molecular flexibility index (Phi) is 7.62. The van der Waals surface area contributed by atoms with Crippen LogP contribution in [0.5, 0.6) is 5.75 Å². The molecule has 3 rings (SSSR count). The van der Waals surface area contributed by atoms with E-state index in [2.05, 4.69) is 53.6 Å². The van der Waals surface area contributed by atoms with Crippen molar-refractivity contribution in [3.63, 3.8) is 0 Å². The molecule has 28 heavy (non-hydrogen) atoms. The molecule has 3 aromatic rings. The summed E-state index contributed by atoms with van der Waals surface area (Å²) in [7, 11) is 0. The van der Waals surface area contributed by atoms with Gasteiger partial charge < -0.3 is 4.74 Å². The summed E-state index contributed by atoms with van der Waals surface area (Å²) in [6.07, 6.45) is 6.57. The van der Waals surface area contributed by atoms with Crippen LogP contribution in [0.25, 0.3) is 11.3 Å². The molecule has 0 unspecified atom stereocenters. The first-order valence-corrected chi connectivity index (χ1v) is 10.7. The number of anilines is 1. The number of rotatable bonds is 10. The zero-order chi connectivity index (χ0) is 19.6. The highest BCUT2D eigenvalue weighted by molar-refractivity contribution is 7.14. The van der Waals surface area contributed by atoms with Crippen molar-refractivity contribution < 1.29 is 4.74 Å². The molecule has 4 nitrogen and oxygen atoms in total. The van der Waals surface area contributed by atoms with Gasteiger partial charge in [0.25, 0.3) is 0 Å². The second-order valence-electron chi connectivity index (χ2n) is 6.72. The number of nitrogens with one attached hydrogen (secondary N) is 1. The Morgan fingerprint density at radius 2 is 1.89 bits per heavy atom. The first-order chi connectivity index (χ1) is 13.8. The summed E-state index contributed by atoms with van der Waals surface area (Å²) in [5.41, 5.74) is 7.30. The molecule has 0 atom stereocenters. The molecule has 0 radical (unpaired) electrons. The van der Waals surface area contributed by atoms with Gasteiger partial charge in [-0.2, -0.15) is 5.10 Å². The average molecular weight is 394 g/mol. The number of thiazole rings is 1. The summed E-state index contributed by atoms with van der Waals surface area (Å²) >= 11 is 1.54. The highest BCUT2D eigenvalue weighted by Gasteiger charge is 2.04. The monoisotopic (exact) mass is 393 g/mol. The van der Waals surface area contributed by atoms with E-state index in [0.29, 0.717) is 0 Å². The molecule has 0 saturated heterocycles. The van der Waals surface area contributed by atoms with E-state index in [1.807, 2.05) is 29.6 Å². The Morgan fingerprint density at radius 1 is 1.07 bits per heavy atom. The van der Waals surface area contributed by atoms with Gasteiger partial charge in [-0.3, -0.25) is 5.43 Å². The van der Waals surface area contributed by atoms with Crippen LogP contribution < -0.4 is 10.2 Å². The normalized spacial score (nSPS) is 11.1. The van der Waals surface area contributed by atoms with E-state index >= 15 is 0 Å². The maximum atomic E-state index is 5.93. The van der Waals surface area contributed by atoms with Crippen molar-refractivity contribution in [3.05, 3.63) is 65.0 Å². The minimum absolute atomic E-state index is 0.741. The minimum Gasteiger partial charge on any atom is -0.493 e. The fraction of sp³-hybridized carbons (Fsp3) is 0.304. The fourth-order valence-corrected chi connectivity index (χ4v) is 3.44. The molecule has 1 aromatic heterocycles. The highest BCUT2D eigenvalue weighted by Crippen LogP contribution is 2.25. The number of hydrogen-bond acceptors (Lipinski definition) is 5. The van der Waals surface area contributed by atoms with Crippen LogP contribution in [0.3, 0.4) is 0 Å². The number of aromatic nitrogens is 1. The molecule has 0 aliphatic rings. The van der Waals surface area contributed by atoms with Gasteiger partial charge in [0, 0.05) is 16.5 Å². The van der Waals surface area contributed by atoms with Gasteiger partial charge in [-0.05, 0) is 25.5 Å². The fourth-order valence-electron chi connectivity index (χ4n) is 2.77. The lowest BCUT2D eigenvalue weighted by Gasteiger charge is -2.08. The molecule has 1 N–H and O–H groups in total. The SMILES string of the molecule is CCCCCCOc1ccccc1/C=N/Nc1nc(-c2ccc(C)cc2)cs1. The number of ether oxygens (including phenoxy) is 1. The summed E-state index contributed by atoms with van der Waals surface area (Å²) in [6.45, 7) is 5.04. The smallest absolute Gasteiger partial charge is 0.203 e. The first kappa shape index (κ1) is 20.1. The third-order valence-electron chi connectivity index (χ3n) is 4.39. The minimum atomic E-state index is 0.741. The molecule has 0 saturated carbocycles. The molecule has 0 spiro atoms. The maximum absolute atomic E-state index is 5.93. The van der Waals surface area contributed by atoms with Gasteiger partial charge in [0.2, 0.25) is 5.13 Å². The lowest BCUT2D eigenvalue weighted by Crippen LogP contribution is -2.00. The van der Waals surface area contributed by atoms with Gasteiger partial charge in [-0.1, -0.05) is 68.1 Å². The zero-order valence-electron chi connectivity index (χ0n) is 16.5. The van der Waals surface area contributed by atoms with Crippen LogP contribution in [0, 0.1) is 6.92 Å². The van der Waals surface area contributed by atoms with Gasteiger partial charge in [0.15, 0.2) is 0 Å². The number of aryl methyl sites for hydroxylation is 1. The lowest BCUT2D eigenvalue weighted by atomic mass is 10.1. The zero-order valence-corrected chi connectivity index (χ0v) is 17.3. The van der Waals surface area contributed by atoms with Crippen molar-refractivity contribution in [2.24, 2.45) is 5.10 Å². The number of nitrogens with zero attached hydrogens (tertiary/aromatic N) is 2. The van der Waals surface area contributed by atoms with Gasteiger partial charge in [-0.25, -0.2) is 4.98 Å². The molecule has 0 bridgehead atoms. The van der Waals surface area contributed by atoms with E-state index in [0.717, 1.165) is 40.7 Å². The number of hydrazone groups is 1. The largest absolute Gasteiger partial charge is 0.493 e. The third kappa shape index (κ3) is 5.92. The molecule has 0 aliphatic carbocycles. The van der Waals surface area contributed by atoms with Crippen molar-refractivity contribution in [3.8, 4) is 17.0 Å². The molecule has 1 heterocycles. The van der Waals surface area contributed by atoms with E-state index in [4.69, 9.17) is 4.74 Å². The Labute approximate surface area is 171 Å². The van der Waals surface area contributed by atoms with Crippen LogP contribution in [-0.4, -0.2) is 17.8 Å². The van der Waals surface area contributed by atoms with Crippen LogP contribution >= 0.6 is 11.3 Å². The second-order valence-corrected chi connectivity index (χ2v) is 7.58. The molecular weight excluding hydrogens is 366 g/mol. The Balaban J connectivity index is 1.57. The van der Waals surface area contributed by atoms with E-state index in [1.165, 1.54) is 24.8 Å². The Hall–Kier alpha value is -2.66. The predicted octanol–water partition coefficient (Wildman–Crippen LogP) is 6.52. The van der Waals surface area contributed by atoms with Crippen LogP contribution in [0.2, 0.25) is 0 Å². The molecule has 146 valence electrons. The molecule has 0 amide bonds. The molecule has 5 heteroatoms. The van der Waals surface area contributed by atoms with Crippen molar-refractivity contribution in [2.75, 3.05) is 12.0 Å². The predicted molar refractivity (Wildman–Crippen MR) is 120 cm³/mol. The third-order valence-corrected chi connectivity index (χ3v) is 5.14. The topological polar surface area (TPSA) is 46.5 Å². The van der Waals surface area contributed by atoms with Gasteiger partial charge in [0.1, 0.15) is 5.75 Å². The molecule has 2 aromatic carbocycles. The van der Waals surface area contributed by atoms with Crippen molar-refractivity contribution in [1.82, 2.24) is 4.98 Å². The van der Waals surface area contributed by atoms with E-state index in [9.17, 15) is 0 Å². The van der Waals surface area contributed by atoms with Crippen LogP contribution in [-0.2, 0) is 0 Å².